The Morgan fingerprint density at radius 2 is 1.79 bits per heavy atom. The Hall–Kier alpha value is -3.15. The second-order valence-corrected chi connectivity index (χ2v) is 10.1. The molecular formula is C28H35FN4O. The number of hydrogen-bond donors (Lipinski definition) is 2. The van der Waals surface area contributed by atoms with E-state index in [0.717, 1.165) is 18.4 Å². The van der Waals surface area contributed by atoms with Gasteiger partial charge >= 0.3 is 0 Å². The van der Waals surface area contributed by atoms with Crippen molar-refractivity contribution < 1.29 is 9.18 Å². The predicted octanol–water partition coefficient (Wildman–Crippen LogP) is 6.38. The number of aromatic nitrogens is 2. The van der Waals surface area contributed by atoms with Gasteiger partial charge in [-0.25, -0.2) is 9.07 Å². The molecule has 0 spiro atoms. The summed E-state index contributed by atoms with van der Waals surface area (Å²) in [6.07, 6.45) is 2.18. The van der Waals surface area contributed by atoms with Gasteiger partial charge in [-0.05, 0) is 58.6 Å². The molecule has 5 nitrogen and oxygen atoms in total. The van der Waals surface area contributed by atoms with Gasteiger partial charge in [0.2, 0.25) is 0 Å². The first-order valence-corrected chi connectivity index (χ1v) is 12.1. The molecule has 6 heteroatoms. The molecule has 1 unspecified atom stereocenters. The summed E-state index contributed by atoms with van der Waals surface area (Å²) in [7, 11) is 0. The molecule has 4 rings (SSSR count). The molecule has 2 aromatic carbocycles. The monoisotopic (exact) mass is 462 g/mol. The molecule has 0 aliphatic carbocycles. The average molecular weight is 463 g/mol. The highest BCUT2D eigenvalue weighted by Gasteiger charge is 2.40. The zero-order chi connectivity index (χ0) is 24.7. The van der Waals surface area contributed by atoms with Crippen molar-refractivity contribution in [3.63, 3.8) is 0 Å². The number of nitrogens with zero attached hydrogens (tertiary/aromatic N) is 2. The molecule has 0 saturated carbocycles. The number of carbonyl (C=O) groups excluding carboxylic acids is 1. The van der Waals surface area contributed by atoms with Gasteiger partial charge in [0.15, 0.2) is 0 Å². The standard InChI is InChI=1S/C28H35FN4O/c1-7-28(8-2,20-15-13-18(3)14-16-20)31-26(34)24-19(4)32-33-25(24)30-23(17-27(33,5)6)21-11-9-10-12-22(21)29/h9-16,23,30H,7-8,17H2,1-6H3,(H,31,34). The highest BCUT2D eigenvalue weighted by Crippen LogP contribution is 2.42. The molecule has 2 heterocycles. The van der Waals surface area contributed by atoms with E-state index in [1.54, 1.807) is 12.1 Å². The summed E-state index contributed by atoms with van der Waals surface area (Å²) in [5.74, 6) is 0.229. The summed E-state index contributed by atoms with van der Waals surface area (Å²) in [4.78, 5) is 13.8. The second-order valence-electron chi connectivity index (χ2n) is 10.1. The summed E-state index contributed by atoms with van der Waals surface area (Å²) >= 11 is 0. The molecule has 1 aliphatic heterocycles. The van der Waals surface area contributed by atoms with Gasteiger partial charge in [0.25, 0.3) is 5.91 Å². The van der Waals surface area contributed by atoms with Crippen LogP contribution in [-0.2, 0) is 11.1 Å². The normalized spacial score (nSPS) is 17.1. The molecule has 34 heavy (non-hydrogen) atoms. The van der Waals surface area contributed by atoms with Crippen LogP contribution in [0.25, 0.3) is 0 Å². The van der Waals surface area contributed by atoms with Crippen molar-refractivity contribution in [3.05, 3.63) is 82.3 Å². The van der Waals surface area contributed by atoms with E-state index in [9.17, 15) is 9.18 Å². The Balaban J connectivity index is 1.74. The first-order valence-electron chi connectivity index (χ1n) is 12.1. The molecule has 3 aromatic rings. The summed E-state index contributed by atoms with van der Waals surface area (Å²) < 4.78 is 16.5. The van der Waals surface area contributed by atoms with Crippen molar-refractivity contribution >= 4 is 11.7 Å². The van der Waals surface area contributed by atoms with E-state index in [4.69, 9.17) is 5.10 Å². The Morgan fingerprint density at radius 1 is 1.15 bits per heavy atom. The van der Waals surface area contributed by atoms with Crippen LogP contribution in [0, 0.1) is 19.7 Å². The Kier molecular flexibility index (Phi) is 6.28. The quantitative estimate of drug-likeness (QED) is 0.447. The zero-order valence-electron chi connectivity index (χ0n) is 21.0. The van der Waals surface area contributed by atoms with E-state index in [1.807, 2.05) is 17.7 Å². The van der Waals surface area contributed by atoms with Crippen LogP contribution in [0.5, 0.6) is 0 Å². The minimum absolute atomic E-state index is 0.166. The fourth-order valence-corrected chi connectivity index (χ4v) is 5.18. The Morgan fingerprint density at radius 3 is 2.41 bits per heavy atom. The van der Waals surface area contributed by atoms with E-state index in [1.165, 1.54) is 11.6 Å². The number of hydrogen-bond acceptors (Lipinski definition) is 3. The lowest BCUT2D eigenvalue weighted by atomic mass is 9.84. The lowest BCUT2D eigenvalue weighted by molar-refractivity contribution is 0.0889. The molecule has 180 valence electrons. The zero-order valence-corrected chi connectivity index (χ0v) is 21.0. The number of rotatable bonds is 6. The third-order valence-electron chi connectivity index (χ3n) is 7.32. The van der Waals surface area contributed by atoms with Gasteiger partial charge in [-0.2, -0.15) is 5.10 Å². The minimum atomic E-state index is -0.485. The SMILES string of the molecule is CCC(CC)(NC(=O)c1c(C)nn2c1NC(c1ccccc1F)CC2(C)C)c1ccc(C)cc1. The minimum Gasteiger partial charge on any atom is -0.363 e. The fraction of sp³-hybridized carbons (Fsp3) is 0.429. The van der Waals surface area contributed by atoms with Crippen LogP contribution in [0.3, 0.4) is 0 Å². The maximum Gasteiger partial charge on any atom is 0.257 e. The third-order valence-corrected chi connectivity index (χ3v) is 7.32. The first kappa shape index (κ1) is 24.0. The number of amides is 1. The van der Waals surface area contributed by atoms with Gasteiger partial charge in [0, 0.05) is 5.56 Å². The molecule has 0 radical (unpaired) electrons. The van der Waals surface area contributed by atoms with Crippen LogP contribution >= 0.6 is 0 Å². The molecule has 1 aromatic heterocycles. The van der Waals surface area contributed by atoms with Crippen molar-refractivity contribution in [1.82, 2.24) is 15.1 Å². The number of fused-ring (bicyclic) bond motifs is 1. The fourth-order valence-electron chi connectivity index (χ4n) is 5.18. The van der Waals surface area contributed by atoms with Crippen LogP contribution < -0.4 is 10.6 Å². The second kappa shape index (κ2) is 8.90. The predicted molar refractivity (Wildman–Crippen MR) is 135 cm³/mol. The van der Waals surface area contributed by atoms with Crippen molar-refractivity contribution in [3.8, 4) is 0 Å². The number of carbonyl (C=O) groups is 1. The Bertz CT molecular complexity index is 1190. The van der Waals surface area contributed by atoms with E-state index in [0.29, 0.717) is 29.1 Å². The van der Waals surface area contributed by atoms with Gasteiger partial charge < -0.3 is 10.6 Å². The molecule has 2 N–H and O–H groups in total. The van der Waals surface area contributed by atoms with Gasteiger partial charge in [-0.1, -0.05) is 61.9 Å². The van der Waals surface area contributed by atoms with E-state index < -0.39 is 5.54 Å². The molecule has 1 amide bonds. The summed E-state index contributed by atoms with van der Waals surface area (Å²) in [6.45, 7) is 12.3. The van der Waals surface area contributed by atoms with Crippen LogP contribution in [0.1, 0.15) is 85.7 Å². The summed E-state index contributed by atoms with van der Waals surface area (Å²) in [6, 6.07) is 14.9. The Labute approximate surface area is 201 Å². The van der Waals surface area contributed by atoms with Crippen LogP contribution in [0.2, 0.25) is 0 Å². The smallest absolute Gasteiger partial charge is 0.257 e. The highest BCUT2D eigenvalue weighted by molar-refractivity contribution is 6.00. The van der Waals surface area contributed by atoms with Crippen molar-refractivity contribution in [2.45, 2.75) is 77.9 Å². The van der Waals surface area contributed by atoms with Crippen molar-refractivity contribution in [2.75, 3.05) is 5.32 Å². The number of aryl methyl sites for hydroxylation is 2. The molecule has 1 aliphatic rings. The largest absolute Gasteiger partial charge is 0.363 e. The average Bonchev–Trinajstić information content (AvgIpc) is 3.15. The first-order chi connectivity index (χ1) is 16.1. The van der Waals surface area contributed by atoms with E-state index >= 15 is 0 Å². The van der Waals surface area contributed by atoms with Gasteiger partial charge in [-0.15, -0.1) is 0 Å². The van der Waals surface area contributed by atoms with Crippen molar-refractivity contribution in [1.29, 1.82) is 0 Å². The summed E-state index contributed by atoms with van der Waals surface area (Å²) in [5.41, 5.74) is 3.18. The molecule has 0 bridgehead atoms. The van der Waals surface area contributed by atoms with Gasteiger partial charge in [0.1, 0.15) is 17.2 Å². The molecule has 0 saturated heterocycles. The van der Waals surface area contributed by atoms with Gasteiger partial charge in [-0.3, -0.25) is 4.79 Å². The molecule has 1 atom stereocenters. The lowest BCUT2D eigenvalue weighted by Gasteiger charge is -2.38. The lowest BCUT2D eigenvalue weighted by Crippen LogP contribution is -2.45. The van der Waals surface area contributed by atoms with E-state index in [2.05, 4.69) is 69.5 Å². The number of benzene rings is 2. The summed E-state index contributed by atoms with van der Waals surface area (Å²) in [5, 5.41) is 11.5. The van der Waals surface area contributed by atoms with Crippen LogP contribution in [-0.4, -0.2) is 15.7 Å². The molecular weight excluding hydrogens is 427 g/mol. The number of halogens is 1. The maximum absolute atomic E-state index is 14.7. The topological polar surface area (TPSA) is 59.0 Å². The van der Waals surface area contributed by atoms with Gasteiger partial charge in [0.05, 0.1) is 22.8 Å². The highest BCUT2D eigenvalue weighted by atomic mass is 19.1. The van der Waals surface area contributed by atoms with Crippen molar-refractivity contribution in [2.24, 2.45) is 0 Å². The maximum atomic E-state index is 14.7. The van der Waals surface area contributed by atoms with Crippen LogP contribution in [0.15, 0.2) is 48.5 Å². The van der Waals surface area contributed by atoms with E-state index in [-0.39, 0.29) is 23.3 Å². The number of anilines is 1. The number of nitrogens with one attached hydrogen (secondary N) is 2. The third kappa shape index (κ3) is 4.10. The molecule has 0 fully saturated rings. The van der Waals surface area contributed by atoms with Crippen LogP contribution in [0.4, 0.5) is 10.2 Å².